The number of nitrogens with one attached hydrogen (secondary N) is 2. The van der Waals surface area contributed by atoms with Crippen LogP contribution in [0.4, 0.5) is 11.4 Å². The summed E-state index contributed by atoms with van der Waals surface area (Å²) in [6.45, 7) is 9.71. The predicted molar refractivity (Wildman–Crippen MR) is 200 cm³/mol. The number of amides is 2. The molecule has 0 spiro atoms. The van der Waals surface area contributed by atoms with Crippen LogP contribution >= 0.6 is 23.2 Å². The van der Waals surface area contributed by atoms with Crippen molar-refractivity contribution in [2.45, 2.75) is 53.4 Å². The van der Waals surface area contributed by atoms with Gasteiger partial charge in [0.15, 0.2) is 0 Å². The molecule has 50 heavy (non-hydrogen) atoms. The second kappa shape index (κ2) is 17.5. The summed E-state index contributed by atoms with van der Waals surface area (Å²) in [6.07, 6.45) is 1.90. The van der Waals surface area contributed by atoms with Crippen molar-refractivity contribution in [3.63, 3.8) is 0 Å². The molecule has 0 saturated heterocycles. The Hall–Kier alpha value is -4.40. The Morgan fingerprint density at radius 1 is 0.500 bits per heavy atom. The Balaban J connectivity index is 1.83. The number of carbonyl (C=O) groups excluding carboxylic acids is 2. The molecule has 5 rings (SSSR count). The summed E-state index contributed by atoms with van der Waals surface area (Å²) in [5.41, 5.74) is 8.72. The van der Waals surface area contributed by atoms with Gasteiger partial charge in [0.2, 0.25) is 11.8 Å². The number of para-hydroxylation sites is 2. The highest BCUT2D eigenvalue weighted by Crippen LogP contribution is 2.41. The zero-order valence-electron chi connectivity index (χ0n) is 29.0. The van der Waals surface area contributed by atoms with E-state index in [1.165, 1.54) is 0 Å². The van der Waals surface area contributed by atoms with E-state index in [0.717, 1.165) is 67.5 Å². The lowest BCUT2D eigenvalue weighted by Gasteiger charge is -2.23. The molecule has 8 nitrogen and oxygen atoms in total. The molecule has 0 fully saturated rings. The minimum absolute atomic E-state index is 0.161. The van der Waals surface area contributed by atoms with Crippen molar-refractivity contribution in [1.82, 2.24) is 0 Å². The van der Waals surface area contributed by atoms with Crippen molar-refractivity contribution in [3.8, 4) is 23.0 Å². The third-order valence-corrected chi connectivity index (χ3v) is 8.82. The molecule has 0 unspecified atom stereocenters. The van der Waals surface area contributed by atoms with E-state index < -0.39 is 0 Å². The number of hydrogen-bond donors (Lipinski definition) is 2. The van der Waals surface area contributed by atoms with Crippen LogP contribution in [0, 0.1) is 0 Å². The number of rotatable bonds is 12. The number of anilines is 2. The van der Waals surface area contributed by atoms with E-state index >= 15 is 0 Å². The number of carbonyl (C=O) groups is 2. The van der Waals surface area contributed by atoms with Crippen LogP contribution in [-0.4, -0.2) is 50.0 Å². The largest absolute Gasteiger partial charge is 0.493 e. The summed E-state index contributed by atoms with van der Waals surface area (Å²) in [7, 11) is 0. The van der Waals surface area contributed by atoms with Gasteiger partial charge in [-0.05, 0) is 74.2 Å². The van der Waals surface area contributed by atoms with Gasteiger partial charge in [0.25, 0.3) is 0 Å². The molecule has 0 radical (unpaired) electrons. The summed E-state index contributed by atoms with van der Waals surface area (Å²) in [5, 5.41) is 5.92. The van der Waals surface area contributed by atoms with Crippen LogP contribution in [0.25, 0.3) is 0 Å². The summed E-state index contributed by atoms with van der Waals surface area (Å²) in [6, 6.07) is 20.1. The van der Waals surface area contributed by atoms with Crippen molar-refractivity contribution >= 4 is 46.4 Å². The van der Waals surface area contributed by atoms with Crippen molar-refractivity contribution in [3.05, 3.63) is 105 Å². The van der Waals surface area contributed by atoms with Crippen LogP contribution in [0.3, 0.4) is 0 Å². The van der Waals surface area contributed by atoms with E-state index in [0.29, 0.717) is 63.5 Å². The lowest BCUT2D eigenvalue weighted by molar-refractivity contribution is -0.114. The average molecular weight is 720 g/mol. The maximum Gasteiger partial charge on any atom is 0.239 e. The van der Waals surface area contributed by atoms with Crippen molar-refractivity contribution in [2.24, 2.45) is 0 Å². The first-order valence-electron chi connectivity index (χ1n) is 17.1. The molecular formula is C40H44Cl2N2O6. The van der Waals surface area contributed by atoms with E-state index in [1.807, 2.05) is 64.1 Å². The lowest BCUT2D eigenvalue weighted by Crippen LogP contribution is -2.15. The zero-order chi connectivity index (χ0) is 35.6. The summed E-state index contributed by atoms with van der Waals surface area (Å²) >= 11 is 11.8. The normalized spacial score (nSPS) is 12.1. The van der Waals surface area contributed by atoms with Crippen LogP contribution in [0.5, 0.6) is 23.0 Å². The molecule has 0 heterocycles. The Kier molecular flexibility index (Phi) is 12.9. The Bertz CT molecular complexity index is 1620. The fourth-order valence-corrected chi connectivity index (χ4v) is 6.67. The Morgan fingerprint density at radius 3 is 1.00 bits per heavy atom. The molecule has 0 saturated carbocycles. The molecule has 4 aromatic rings. The first kappa shape index (κ1) is 36.9. The quantitative estimate of drug-likeness (QED) is 0.126. The molecular weight excluding hydrogens is 675 g/mol. The van der Waals surface area contributed by atoms with Gasteiger partial charge in [-0.15, -0.1) is 23.2 Å². The van der Waals surface area contributed by atoms with Gasteiger partial charge >= 0.3 is 0 Å². The van der Waals surface area contributed by atoms with E-state index in [2.05, 4.69) is 34.9 Å². The van der Waals surface area contributed by atoms with E-state index in [9.17, 15) is 9.59 Å². The molecule has 1 aliphatic carbocycles. The summed E-state index contributed by atoms with van der Waals surface area (Å²) in [5.74, 6) is 2.14. The molecule has 0 aliphatic heterocycles. The summed E-state index contributed by atoms with van der Waals surface area (Å²) < 4.78 is 25.6. The van der Waals surface area contributed by atoms with Gasteiger partial charge in [-0.1, -0.05) is 36.4 Å². The number of fused-ring (bicyclic) bond motifs is 8. The molecule has 264 valence electrons. The minimum atomic E-state index is -0.295. The number of ether oxygens (including phenoxy) is 4. The minimum Gasteiger partial charge on any atom is -0.493 e. The zero-order valence-corrected chi connectivity index (χ0v) is 30.6. The standard InChI is InChI=1S/C40H44Cl2N2O6/c1-5-47-37-25-11-9-12-26(37)16-30-20-34(44-36(46)24-42)22-32(40(30)50-8-4)18-28-14-10-13-27(38(28)48-6-2)17-31-21-33(43-35(45)23-41)19-29(15-25)39(31)49-7-3/h9-14,19-22H,5-8,15-18,23-24H2,1-4H3,(H,43,45)(H,44,46). The second-order valence-electron chi connectivity index (χ2n) is 11.9. The van der Waals surface area contributed by atoms with E-state index in [-0.39, 0.29) is 23.6 Å². The maximum atomic E-state index is 12.5. The van der Waals surface area contributed by atoms with Crippen LogP contribution in [-0.2, 0) is 35.3 Å². The number of hydrogen-bond acceptors (Lipinski definition) is 6. The SMILES string of the molecule is CCOc1c2cccc1Cc1cc(NC(=O)CCl)cc(c1OCC)Cc1cccc(c1OCC)Cc1cc(NC(=O)CCl)cc(c1OCC)C2. The van der Waals surface area contributed by atoms with Crippen molar-refractivity contribution < 1.29 is 28.5 Å². The average Bonchev–Trinajstić information content (AvgIpc) is 3.10. The van der Waals surface area contributed by atoms with Crippen LogP contribution in [0.2, 0.25) is 0 Å². The van der Waals surface area contributed by atoms with Gasteiger partial charge < -0.3 is 29.6 Å². The molecule has 2 N–H and O–H groups in total. The maximum absolute atomic E-state index is 12.5. The van der Waals surface area contributed by atoms with Crippen molar-refractivity contribution in [2.75, 3.05) is 48.8 Å². The highest BCUT2D eigenvalue weighted by Gasteiger charge is 2.23. The second-order valence-corrected chi connectivity index (χ2v) is 12.4. The molecule has 1 aliphatic rings. The highest BCUT2D eigenvalue weighted by molar-refractivity contribution is 6.29. The monoisotopic (exact) mass is 718 g/mol. The third-order valence-electron chi connectivity index (χ3n) is 8.33. The smallest absolute Gasteiger partial charge is 0.239 e. The number of halogens is 2. The lowest BCUT2D eigenvalue weighted by atomic mass is 9.90. The molecule has 0 atom stereocenters. The van der Waals surface area contributed by atoms with Gasteiger partial charge in [-0.3, -0.25) is 9.59 Å². The van der Waals surface area contributed by atoms with Gasteiger partial charge in [-0.25, -0.2) is 0 Å². The van der Waals surface area contributed by atoms with Gasteiger partial charge in [0.1, 0.15) is 34.8 Å². The molecule has 8 bridgehead atoms. The Labute approximate surface area is 304 Å². The number of alkyl halides is 2. The van der Waals surface area contributed by atoms with Crippen molar-refractivity contribution in [1.29, 1.82) is 0 Å². The van der Waals surface area contributed by atoms with Crippen LogP contribution < -0.4 is 29.6 Å². The van der Waals surface area contributed by atoms with E-state index in [4.69, 9.17) is 42.1 Å². The fraction of sp³-hybridized carbons (Fsp3) is 0.350. The molecule has 2 amide bonds. The summed E-state index contributed by atoms with van der Waals surface area (Å²) in [4.78, 5) is 25.0. The topological polar surface area (TPSA) is 95.1 Å². The van der Waals surface area contributed by atoms with Gasteiger partial charge in [0.05, 0.1) is 26.4 Å². The number of benzene rings is 4. The first-order chi connectivity index (χ1) is 24.3. The molecule has 0 aromatic heterocycles. The van der Waals surface area contributed by atoms with Crippen LogP contribution in [0.1, 0.15) is 72.2 Å². The third kappa shape index (κ3) is 8.66. The molecule has 4 aromatic carbocycles. The first-order valence-corrected chi connectivity index (χ1v) is 18.1. The van der Waals surface area contributed by atoms with Crippen LogP contribution in [0.15, 0.2) is 60.7 Å². The molecule has 10 heteroatoms. The predicted octanol–water partition coefficient (Wildman–Crippen LogP) is 8.31. The Morgan fingerprint density at radius 2 is 0.760 bits per heavy atom. The fourth-order valence-electron chi connectivity index (χ4n) is 6.54. The van der Waals surface area contributed by atoms with E-state index in [1.54, 1.807) is 0 Å². The van der Waals surface area contributed by atoms with Gasteiger partial charge in [-0.2, -0.15) is 0 Å². The highest BCUT2D eigenvalue weighted by atomic mass is 35.5. The van der Waals surface area contributed by atoms with Gasteiger partial charge in [0, 0.05) is 59.3 Å².